The van der Waals surface area contributed by atoms with Gasteiger partial charge in [-0.1, -0.05) is 13.8 Å². The molecule has 0 aliphatic carbocycles. The molecule has 1 aromatic carbocycles. The van der Waals surface area contributed by atoms with Crippen molar-refractivity contribution < 1.29 is 19.4 Å². The molecule has 0 saturated heterocycles. The standard InChI is InChI=1S/C16H25NO4/c1-13(2)12-20-10-3-8-17-9-11-21-15-6-4-14(5-7-15)16(18)19/h4-7,13,17H,3,8-12H2,1-2H3,(H,18,19). The van der Waals surface area contributed by atoms with E-state index in [9.17, 15) is 4.79 Å². The van der Waals surface area contributed by atoms with Crippen LogP contribution in [0, 0.1) is 5.92 Å². The Balaban J connectivity index is 2.00. The Morgan fingerprint density at radius 1 is 1.19 bits per heavy atom. The van der Waals surface area contributed by atoms with Gasteiger partial charge in [-0.25, -0.2) is 4.79 Å². The van der Waals surface area contributed by atoms with Crippen LogP contribution in [0.2, 0.25) is 0 Å². The first-order valence-electron chi connectivity index (χ1n) is 7.34. The zero-order valence-electron chi connectivity index (χ0n) is 12.8. The van der Waals surface area contributed by atoms with E-state index in [-0.39, 0.29) is 5.56 Å². The molecule has 0 unspecified atom stereocenters. The number of carbonyl (C=O) groups is 1. The third kappa shape index (κ3) is 8.32. The van der Waals surface area contributed by atoms with Crippen LogP contribution in [0.3, 0.4) is 0 Å². The molecule has 0 amide bonds. The van der Waals surface area contributed by atoms with Crippen LogP contribution >= 0.6 is 0 Å². The van der Waals surface area contributed by atoms with Crippen molar-refractivity contribution in [2.75, 3.05) is 32.9 Å². The first-order chi connectivity index (χ1) is 10.1. The molecular formula is C16H25NO4. The average Bonchev–Trinajstić information content (AvgIpc) is 2.45. The number of aromatic carboxylic acids is 1. The normalized spacial score (nSPS) is 10.8. The van der Waals surface area contributed by atoms with Gasteiger partial charge in [-0.05, 0) is 43.1 Å². The van der Waals surface area contributed by atoms with E-state index >= 15 is 0 Å². The monoisotopic (exact) mass is 295 g/mol. The number of ether oxygens (including phenoxy) is 2. The van der Waals surface area contributed by atoms with Crippen molar-refractivity contribution in [3.63, 3.8) is 0 Å². The molecule has 0 fully saturated rings. The molecule has 0 aliphatic rings. The Morgan fingerprint density at radius 3 is 2.52 bits per heavy atom. The fourth-order valence-electron chi connectivity index (χ4n) is 1.68. The molecule has 1 rings (SSSR count). The smallest absolute Gasteiger partial charge is 0.335 e. The van der Waals surface area contributed by atoms with E-state index in [1.165, 1.54) is 12.1 Å². The largest absolute Gasteiger partial charge is 0.492 e. The lowest BCUT2D eigenvalue weighted by atomic mass is 10.2. The highest BCUT2D eigenvalue weighted by molar-refractivity contribution is 5.87. The van der Waals surface area contributed by atoms with E-state index in [1.807, 2.05) is 0 Å². The molecule has 0 heterocycles. The molecule has 0 atom stereocenters. The zero-order valence-corrected chi connectivity index (χ0v) is 12.8. The maximum absolute atomic E-state index is 10.7. The number of carboxylic acids is 1. The Labute approximate surface area is 126 Å². The van der Waals surface area contributed by atoms with Gasteiger partial charge in [0.05, 0.1) is 5.56 Å². The SMILES string of the molecule is CC(C)COCCCNCCOc1ccc(C(=O)O)cc1. The molecular weight excluding hydrogens is 270 g/mol. The molecule has 0 aliphatic heterocycles. The van der Waals surface area contributed by atoms with Crippen molar-refractivity contribution in [2.45, 2.75) is 20.3 Å². The van der Waals surface area contributed by atoms with Crippen molar-refractivity contribution in [1.82, 2.24) is 5.32 Å². The maximum atomic E-state index is 10.7. The number of hydrogen-bond acceptors (Lipinski definition) is 4. The summed E-state index contributed by atoms with van der Waals surface area (Å²) in [7, 11) is 0. The lowest BCUT2D eigenvalue weighted by Crippen LogP contribution is -2.23. The highest BCUT2D eigenvalue weighted by Gasteiger charge is 2.01. The van der Waals surface area contributed by atoms with Gasteiger partial charge in [0.25, 0.3) is 0 Å². The summed E-state index contributed by atoms with van der Waals surface area (Å²) in [6, 6.07) is 6.42. The van der Waals surface area contributed by atoms with E-state index in [2.05, 4.69) is 19.2 Å². The minimum atomic E-state index is -0.928. The van der Waals surface area contributed by atoms with Crippen LogP contribution in [0.4, 0.5) is 0 Å². The lowest BCUT2D eigenvalue weighted by Gasteiger charge is -2.09. The van der Waals surface area contributed by atoms with Crippen LogP contribution in [0.1, 0.15) is 30.6 Å². The van der Waals surface area contributed by atoms with Gasteiger partial charge in [0, 0.05) is 19.8 Å². The van der Waals surface area contributed by atoms with Gasteiger partial charge in [-0.2, -0.15) is 0 Å². The van der Waals surface area contributed by atoms with Crippen LogP contribution in [0.5, 0.6) is 5.75 Å². The Kier molecular flexibility index (Phi) is 8.47. The van der Waals surface area contributed by atoms with Crippen molar-refractivity contribution >= 4 is 5.97 Å². The summed E-state index contributed by atoms with van der Waals surface area (Å²) in [5.41, 5.74) is 0.266. The highest BCUT2D eigenvalue weighted by Crippen LogP contribution is 2.11. The van der Waals surface area contributed by atoms with E-state index in [0.717, 1.165) is 32.7 Å². The number of hydrogen-bond donors (Lipinski definition) is 2. The van der Waals surface area contributed by atoms with Crippen LogP contribution in [0.15, 0.2) is 24.3 Å². The lowest BCUT2D eigenvalue weighted by molar-refractivity contribution is 0.0697. The molecule has 5 heteroatoms. The van der Waals surface area contributed by atoms with Gasteiger partial charge in [-0.15, -0.1) is 0 Å². The van der Waals surface area contributed by atoms with Crippen LogP contribution in [-0.2, 0) is 4.74 Å². The van der Waals surface area contributed by atoms with Crippen LogP contribution < -0.4 is 10.1 Å². The number of carboxylic acid groups (broad SMARTS) is 1. The fourth-order valence-corrected chi connectivity index (χ4v) is 1.68. The minimum absolute atomic E-state index is 0.266. The second-order valence-electron chi connectivity index (χ2n) is 5.25. The molecule has 118 valence electrons. The third-order valence-electron chi connectivity index (χ3n) is 2.74. The average molecular weight is 295 g/mol. The molecule has 0 bridgehead atoms. The summed E-state index contributed by atoms with van der Waals surface area (Å²) in [5, 5.41) is 12.1. The van der Waals surface area contributed by atoms with Crippen molar-refractivity contribution in [3.8, 4) is 5.75 Å². The minimum Gasteiger partial charge on any atom is -0.492 e. The first-order valence-corrected chi connectivity index (χ1v) is 7.34. The van der Waals surface area contributed by atoms with Crippen LogP contribution in [0.25, 0.3) is 0 Å². The summed E-state index contributed by atoms with van der Waals surface area (Å²) >= 11 is 0. The zero-order chi connectivity index (χ0) is 15.5. The van der Waals surface area contributed by atoms with E-state index in [1.54, 1.807) is 12.1 Å². The third-order valence-corrected chi connectivity index (χ3v) is 2.74. The molecule has 2 N–H and O–H groups in total. The molecule has 0 aromatic heterocycles. The predicted molar refractivity (Wildman–Crippen MR) is 82.0 cm³/mol. The Morgan fingerprint density at radius 2 is 1.90 bits per heavy atom. The van der Waals surface area contributed by atoms with Crippen molar-refractivity contribution in [2.24, 2.45) is 5.92 Å². The van der Waals surface area contributed by atoms with Gasteiger partial charge in [0.1, 0.15) is 12.4 Å². The number of nitrogens with one attached hydrogen (secondary N) is 1. The summed E-state index contributed by atoms with van der Waals surface area (Å²) < 4.78 is 11.0. The van der Waals surface area contributed by atoms with Crippen molar-refractivity contribution in [1.29, 1.82) is 0 Å². The van der Waals surface area contributed by atoms with Gasteiger partial charge in [0.2, 0.25) is 0 Å². The summed E-state index contributed by atoms with van der Waals surface area (Å²) in [4.78, 5) is 10.7. The molecule has 0 spiro atoms. The van der Waals surface area contributed by atoms with Gasteiger partial charge >= 0.3 is 5.97 Å². The van der Waals surface area contributed by atoms with Gasteiger partial charge < -0.3 is 19.9 Å². The summed E-state index contributed by atoms with van der Waals surface area (Å²) in [6.07, 6.45) is 0.986. The quantitative estimate of drug-likeness (QED) is 0.614. The van der Waals surface area contributed by atoms with E-state index in [4.69, 9.17) is 14.6 Å². The Bertz CT molecular complexity index is 403. The fraction of sp³-hybridized carbons (Fsp3) is 0.562. The number of rotatable bonds is 11. The molecule has 21 heavy (non-hydrogen) atoms. The van der Waals surface area contributed by atoms with Crippen LogP contribution in [-0.4, -0.2) is 44.0 Å². The second-order valence-corrected chi connectivity index (χ2v) is 5.25. The molecule has 1 aromatic rings. The number of benzene rings is 1. The first kappa shape index (κ1) is 17.5. The highest BCUT2D eigenvalue weighted by atomic mass is 16.5. The summed E-state index contributed by atoms with van der Waals surface area (Å²) in [5.74, 6) is 0.337. The topological polar surface area (TPSA) is 67.8 Å². The summed E-state index contributed by atoms with van der Waals surface area (Å²) in [6.45, 7) is 8.08. The van der Waals surface area contributed by atoms with Crippen molar-refractivity contribution in [3.05, 3.63) is 29.8 Å². The predicted octanol–water partition coefficient (Wildman–Crippen LogP) is 2.42. The second kappa shape index (κ2) is 10.2. The maximum Gasteiger partial charge on any atom is 0.335 e. The van der Waals surface area contributed by atoms with E-state index in [0.29, 0.717) is 18.3 Å². The molecule has 5 nitrogen and oxygen atoms in total. The van der Waals surface area contributed by atoms with Gasteiger partial charge in [0.15, 0.2) is 0 Å². The van der Waals surface area contributed by atoms with Gasteiger partial charge in [-0.3, -0.25) is 0 Å². The Hall–Kier alpha value is -1.59. The molecule has 0 saturated carbocycles. The van der Waals surface area contributed by atoms with E-state index < -0.39 is 5.97 Å². The molecule has 0 radical (unpaired) electrons.